The molecule has 4 N–H and O–H groups in total. The molecular formula is C49H60FN9O4. The summed E-state index contributed by atoms with van der Waals surface area (Å²) in [5.41, 5.74) is 7.69. The standard InChI is InChI=1S/C49H60FN9O4/c1-4-44-41(45(55-39-16-22-63-23-17-39)42-29-54-59(5-2)46(42)56-44)28-53-47(60)35-14-19-58(20-15-35)49(62)38-11-7-10-37(26-38)48(61)52-27-33-12-13-43(50)40(25-33)36-9-6-8-34(24-36)31-57-21-18-51-32(3)30-57/h6-13,24-26,29,32,35,39,51H,4-5,14-23,27-28,30-31H2,1-3H3,(H,52,61)(H,53,60)(H,55,56)/t32-/m0/s1. The number of hydrogen-bond donors (Lipinski definition) is 4. The third-order valence-electron chi connectivity index (χ3n) is 12.7. The van der Waals surface area contributed by atoms with Crippen molar-refractivity contribution in [1.29, 1.82) is 0 Å². The van der Waals surface area contributed by atoms with E-state index in [2.05, 4.69) is 58.1 Å². The van der Waals surface area contributed by atoms with Gasteiger partial charge in [-0.2, -0.15) is 5.10 Å². The molecule has 13 nitrogen and oxygen atoms in total. The zero-order valence-corrected chi connectivity index (χ0v) is 36.7. The quantitative estimate of drug-likeness (QED) is 0.101. The third kappa shape index (κ3) is 10.4. The summed E-state index contributed by atoms with van der Waals surface area (Å²) in [6.45, 7) is 13.5. The van der Waals surface area contributed by atoms with Crippen LogP contribution in [0.4, 0.5) is 10.1 Å². The minimum Gasteiger partial charge on any atom is -0.381 e. The molecule has 14 heteroatoms. The second-order valence-corrected chi connectivity index (χ2v) is 17.1. The minimum absolute atomic E-state index is 0.0357. The summed E-state index contributed by atoms with van der Waals surface area (Å²) in [5.74, 6) is -1.10. The molecular weight excluding hydrogens is 798 g/mol. The Bertz CT molecular complexity index is 2420. The van der Waals surface area contributed by atoms with E-state index in [-0.39, 0.29) is 42.0 Å². The van der Waals surface area contributed by atoms with Gasteiger partial charge >= 0.3 is 0 Å². The van der Waals surface area contributed by atoms with E-state index in [1.165, 1.54) is 6.07 Å². The van der Waals surface area contributed by atoms with Gasteiger partial charge in [0.05, 0.1) is 17.3 Å². The first-order chi connectivity index (χ1) is 30.7. The average Bonchev–Trinajstić information content (AvgIpc) is 3.74. The first-order valence-electron chi connectivity index (χ1n) is 22.7. The number of carbonyl (C=O) groups excluding carboxylic acids is 3. The van der Waals surface area contributed by atoms with Gasteiger partial charge in [-0.15, -0.1) is 0 Å². The first kappa shape index (κ1) is 43.9. The van der Waals surface area contributed by atoms with Gasteiger partial charge in [-0.25, -0.2) is 14.1 Å². The van der Waals surface area contributed by atoms with Crippen LogP contribution in [0.3, 0.4) is 0 Å². The number of halogens is 1. The maximum Gasteiger partial charge on any atom is 0.253 e. The molecule has 3 aromatic carbocycles. The van der Waals surface area contributed by atoms with E-state index in [1.807, 2.05) is 29.1 Å². The Morgan fingerprint density at radius 2 is 1.68 bits per heavy atom. The highest BCUT2D eigenvalue weighted by molar-refractivity contribution is 6.00. The number of anilines is 1. The van der Waals surface area contributed by atoms with Crippen molar-refractivity contribution in [3.8, 4) is 11.1 Å². The summed E-state index contributed by atoms with van der Waals surface area (Å²) in [4.78, 5) is 49.9. The van der Waals surface area contributed by atoms with Crippen LogP contribution in [-0.2, 0) is 42.1 Å². The van der Waals surface area contributed by atoms with E-state index in [1.54, 1.807) is 41.3 Å². The van der Waals surface area contributed by atoms with Crippen LogP contribution in [0.1, 0.15) is 89.6 Å². The molecule has 3 aliphatic heterocycles. The first-order valence-corrected chi connectivity index (χ1v) is 22.7. The van der Waals surface area contributed by atoms with Crippen LogP contribution in [0.15, 0.2) is 72.9 Å². The summed E-state index contributed by atoms with van der Waals surface area (Å²) in [6.07, 6.45) is 5.45. The van der Waals surface area contributed by atoms with Crippen LogP contribution >= 0.6 is 0 Å². The van der Waals surface area contributed by atoms with Crippen molar-refractivity contribution in [1.82, 2.24) is 40.5 Å². The molecule has 0 spiro atoms. The molecule has 5 aromatic rings. The maximum atomic E-state index is 15.2. The van der Waals surface area contributed by atoms with Gasteiger partial charge in [-0.05, 0) is 99.0 Å². The molecule has 1 atom stereocenters. The van der Waals surface area contributed by atoms with Gasteiger partial charge in [0.2, 0.25) is 5.91 Å². The van der Waals surface area contributed by atoms with Gasteiger partial charge in [0.1, 0.15) is 5.82 Å². The Labute approximate surface area is 369 Å². The Morgan fingerprint density at radius 3 is 2.46 bits per heavy atom. The van der Waals surface area contributed by atoms with Gasteiger partial charge in [-0.3, -0.25) is 19.3 Å². The van der Waals surface area contributed by atoms with Crippen LogP contribution in [0, 0.1) is 11.7 Å². The van der Waals surface area contributed by atoms with Crippen molar-refractivity contribution < 1.29 is 23.5 Å². The number of piperazine rings is 1. The Balaban J connectivity index is 0.855. The molecule has 3 saturated heterocycles. The highest BCUT2D eigenvalue weighted by Gasteiger charge is 2.29. The topological polar surface area (TPSA) is 146 Å². The van der Waals surface area contributed by atoms with Crippen molar-refractivity contribution >= 4 is 34.4 Å². The molecule has 0 radical (unpaired) electrons. The van der Waals surface area contributed by atoms with Crippen molar-refractivity contribution in [2.24, 2.45) is 5.92 Å². The fourth-order valence-electron chi connectivity index (χ4n) is 9.18. The molecule has 63 heavy (non-hydrogen) atoms. The number of pyridine rings is 1. The lowest BCUT2D eigenvalue weighted by Gasteiger charge is -2.31. The van der Waals surface area contributed by atoms with E-state index in [9.17, 15) is 14.4 Å². The summed E-state index contributed by atoms with van der Waals surface area (Å²) in [5, 5.41) is 19.0. The fraction of sp³-hybridized carbons (Fsp3) is 0.449. The van der Waals surface area contributed by atoms with Gasteiger partial charge in [0.15, 0.2) is 5.65 Å². The number of carbonyl (C=O) groups is 3. The summed E-state index contributed by atoms with van der Waals surface area (Å²) in [7, 11) is 0. The molecule has 5 heterocycles. The van der Waals surface area contributed by atoms with E-state index in [4.69, 9.17) is 9.72 Å². The van der Waals surface area contributed by atoms with E-state index < -0.39 is 0 Å². The van der Waals surface area contributed by atoms with E-state index >= 15 is 4.39 Å². The number of piperidine rings is 1. The number of fused-ring (bicyclic) bond motifs is 1. The number of aromatic nitrogens is 3. The number of nitrogens with one attached hydrogen (secondary N) is 4. The molecule has 0 saturated carbocycles. The van der Waals surface area contributed by atoms with Crippen molar-refractivity contribution in [3.63, 3.8) is 0 Å². The number of benzene rings is 3. The molecule has 0 bridgehead atoms. The average molecular weight is 858 g/mol. The minimum atomic E-state index is -0.330. The molecule has 0 unspecified atom stereocenters. The van der Waals surface area contributed by atoms with Gasteiger partial charge < -0.3 is 30.9 Å². The van der Waals surface area contributed by atoms with E-state index in [0.29, 0.717) is 81.4 Å². The summed E-state index contributed by atoms with van der Waals surface area (Å²) in [6, 6.07) is 20.3. The third-order valence-corrected chi connectivity index (χ3v) is 12.7. The molecule has 2 aromatic heterocycles. The number of likely N-dealkylation sites (tertiary alicyclic amines) is 1. The summed E-state index contributed by atoms with van der Waals surface area (Å²) >= 11 is 0. The molecule has 3 aliphatic rings. The molecule has 3 fully saturated rings. The zero-order valence-electron chi connectivity index (χ0n) is 36.7. The van der Waals surface area contributed by atoms with Crippen molar-refractivity contribution in [2.75, 3.05) is 51.3 Å². The van der Waals surface area contributed by atoms with Crippen LogP contribution in [0.2, 0.25) is 0 Å². The lowest BCUT2D eigenvalue weighted by molar-refractivity contribution is -0.126. The number of amides is 3. The number of ether oxygens (including phenoxy) is 1. The smallest absolute Gasteiger partial charge is 0.253 e. The zero-order chi connectivity index (χ0) is 43.9. The summed E-state index contributed by atoms with van der Waals surface area (Å²) < 4.78 is 22.7. The molecule has 3 amide bonds. The van der Waals surface area contributed by atoms with Gasteiger partial charge in [-0.1, -0.05) is 37.3 Å². The molecule has 332 valence electrons. The number of aryl methyl sites for hydroxylation is 2. The van der Waals surface area contributed by atoms with Crippen LogP contribution in [0.25, 0.3) is 22.2 Å². The van der Waals surface area contributed by atoms with Crippen molar-refractivity contribution in [3.05, 3.63) is 112 Å². The number of nitrogens with zero attached hydrogens (tertiary/aromatic N) is 5. The predicted molar refractivity (Wildman–Crippen MR) is 243 cm³/mol. The van der Waals surface area contributed by atoms with E-state index in [0.717, 1.165) is 83.7 Å². The second kappa shape index (κ2) is 20.2. The Morgan fingerprint density at radius 1 is 0.889 bits per heavy atom. The second-order valence-electron chi connectivity index (χ2n) is 17.1. The largest absolute Gasteiger partial charge is 0.381 e. The van der Waals surface area contributed by atoms with Crippen molar-refractivity contribution in [2.45, 2.75) is 91.1 Å². The lowest BCUT2D eigenvalue weighted by Crippen LogP contribution is -2.48. The van der Waals surface area contributed by atoms with Gasteiger partial charge in [0.25, 0.3) is 11.8 Å². The fourth-order valence-corrected chi connectivity index (χ4v) is 9.18. The maximum absolute atomic E-state index is 15.2. The number of hydrogen-bond acceptors (Lipinski definition) is 9. The highest BCUT2D eigenvalue weighted by Crippen LogP contribution is 2.32. The highest BCUT2D eigenvalue weighted by atomic mass is 19.1. The lowest BCUT2D eigenvalue weighted by atomic mass is 9.95. The Hall–Kier alpha value is -5.70. The monoisotopic (exact) mass is 857 g/mol. The number of rotatable bonds is 14. The van der Waals surface area contributed by atoms with Crippen LogP contribution < -0.4 is 21.3 Å². The van der Waals surface area contributed by atoms with Crippen LogP contribution in [0.5, 0.6) is 0 Å². The van der Waals surface area contributed by atoms with Gasteiger partial charge in [0, 0.05) is 118 Å². The predicted octanol–water partition coefficient (Wildman–Crippen LogP) is 6.30. The molecule has 8 rings (SSSR count). The molecule has 0 aliphatic carbocycles. The van der Waals surface area contributed by atoms with Crippen LogP contribution in [-0.4, -0.2) is 100 Å². The Kier molecular flexibility index (Phi) is 14.1. The SMILES string of the molecule is CCc1nc2c(cnn2CC)c(NC2CCOCC2)c1CNC(=O)C1CCN(C(=O)c2cccc(C(=O)NCc3ccc(F)c(-c4cccc(CN5CCN[C@@H](C)C5)c4)c3)c2)CC1. The normalized spacial score (nSPS) is 17.8.